The fraction of sp³-hybridized carbons (Fsp3) is 0.375. The average Bonchev–Trinajstić information content (AvgIpc) is 2.29. The van der Waals surface area contributed by atoms with Gasteiger partial charge in [-0.15, -0.1) is 4.91 Å². The van der Waals surface area contributed by atoms with E-state index in [1.807, 2.05) is 0 Å². The van der Waals surface area contributed by atoms with Gasteiger partial charge in [-0.3, -0.25) is 0 Å². The molecule has 1 aromatic heterocycles. The zero-order valence-electron chi connectivity index (χ0n) is 8.24. The van der Waals surface area contributed by atoms with Crippen LogP contribution in [0.2, 0.25) is 0 Å². The van der Waals surface area contributed by atoms with Crippen molar-refractivity contribution in [3.05, 3.63) is 23.4 Å². The lowest BCUT2D eigenvalue weighted by Crippen LogP contribution is -2.30. The van der Waals surface area contributed by atoms with E-state index in [4.69, 9.17) is 5.11 Å². The molecule has 0 fully saturated rings. The van der Waals surface area contributed by atoms with Crippen molar-refractivity contribution in [3.63, 3.8) is 0 Å². The molecule has 0 unspecified atom stereocenters. The maximum absolute atomic E-state index is 10.9. The van der Waals surface area contributed by atoms with Crippen LogP contribution in [-0.2, 0) is 4.79 Å². The summed E-state index contributed by atoms with van der Waals surface area (Å²) in [6, 6.07) is 0.810. The van der Waals surface area contributed by atoms with Gasteiger partial charge >= 0.3 is 5.97 Å². The van der Waals surface area contributed by atoms with E-state index in [2.05, 4.69) is 19.9 Å². The third-order valence-corrected chi connectivity index (χ3v) is 2.24. The van der Waals surface area contributed by atoms with Crippen LogP contribution < -0.4 is 5.32 Å². The minimum absolute atomic E-state index is 0.249. The van der Waals surface area contributed by atoms with Gasteiger partial charge in [0.05, 0.1) is 0 Å². The molecule has 0 radical (unpaired) electrons. The fourth-order valence-electron chi connectivity index (χ4n) is 0.995. The van der Waals surface area contributed by atoms with Gasteiger partial charge in [-0.2, -0.15) is 0 Å². The molecule has 0 bridgehead atoms. The van der Waals surface area contributed by atoms with Crippen molar-refractivity contribution >= 4 is 23.9 Å². The summed E-state index contributed by atoms with van der Waals surface area (Å²) in [6.07, 6.45) is 3.29. The van der Waals surface area contributed by atoms with Gasteiger partial charge in [0, 0.05) is 34.7 Å². The summed E-state index contributed by atoms with van der Waals surface area (Å²) in [6.45, 7) is 0. The lowest BCUT2D eigenvalue weighted by Gasteiger charge is -2.12. The summed E-state index contributed by atoms with van der Waals surface area (Å²) < 4.78 is 2.59. The lowest BCUT2D eigenvalue weighted by molar-refractivity contribution is -0.137. The number of carboxylic acids is 1. The van der Waals surface area contributed by atoms with E-state index in [0.29, 0.717) is 5.75 Å². The van der Waals surface area contributed by atoms with Crippen molar-refractivity contribution in [2.45, 2.75) is 12.5 Å². The third kappa shape index (κ3) is 4.22. The Balaban J connectivity index is 2.51. The first-order valence-electron chi connectivity index (χ1n) is 4.45. The molecule has 0 amide bonds. The molecule has 1 rings (SSSR count). The second-order valence-electron chi connectivity index (χ2n) is 2.80. The number of aliphatic carboxylic acids is 1. The summed E-state index contributed by atoms with van der Waals surface area (Å²) >= 11 is 0.790. The Morgan fingerprint density at radius 2 is 2.25 bits per heavy atom. The number of nitroso groups, excluding NO2 is 1. The SMILES string of the molecule is O=NSCC[C@H](Nc1ncccn1)C(=O)O. The highest BCUT2D eigenvalue weighted by molar-refractivity contribution is 7.97. The Hall–Kier alpha value is -1.70. The van der Waals surface area contributed by atoms with E-state index in [-0.39, 0.29) is 12.4 Å². The Labute approximate surface area is 95.8 Å². The second kappa shape index (κ2) is 6.72. The van der Waals surface area contributed by atoms with E-state index >= 15 is 0 Å². The first-order valence-corrected chi connectivity index (χ1v) is 5.39. The molecular formula is C8H10N4O3S. The van der Waals surface area contributed by atoms with Gasteiger partial charge in [0.15, 0.2) is 0 Å². The number of aromatic nitrogens is 2. The van der Waals surface area contributed by atoms with Gasteiger partial charge in [0.25, 0.3) is 0 Å². The number of carbonyl (C=O) groups is 1. The largest absolute Gasteiger partial charge is 0.480 e. The van der Waals surface area contributed by atoms with Crippen LogP contribution in [0.4, 0.5) is 5.95 Å². The molecule has 0 aliphatic rings. The summed E-state index contributed by atoms with van der Waals surface area (Å²) in [7, 11) is 0. The van der Waals surface area contributed by atoms with Crippen LogP contribution in [-0.4, -0.2) is 32.8 Å². The van der Waals surface area contributed by atoms with E-state index in [1.165, 1.54) is 12.4 Å². The zero-order chi connectivity index (χ0) is 11.8. The van der Waals surface area contributed by atoms with Crippen molar-refractivity contribution in [2.75, 3.05) is 11.1 Å². The number of hydrogen-bond donors (Lipinski definition) is 2. The summed E-state index contributed by atoms with van der Waals surface area (Å²) in [5.74, 6) is -0.432. The highest BCUT2D eigenvalue weighted by atomic mass is 32.2. The molecule has 0 spiro atoms. The van der Waals surface area contributed by atoms with E-state index in [1.54, 1.807) is 6.07 Å². The van der Waals surface area contributed by atoms with Crippen LogP contribution in [0.25, 0.3) is 0 Å². The first-order chi connectivity index (χ1) is 7.74. The minimum atomic E-state index is -1.01. The van der Waals surface area contributed by atoms with Gasteiger partial charge < -0.3 is 10.4 Å². The first kappa shape index (κ1) is 12.4. The molecule has 1 atom stereocenters. The molecule has 1 heterocycles. The number of rotatable bonds is 7. The molecule has 0 saturated carbocycles. The molecule has 7 nitrogen and oxygen atoms in total. The molecular weight excluding hydrogens is 232 g/mol. The van der Waals surface area contributed by atoms with Crippen molar-refractivity contribution in [1.82, 2.24) is 9.97 Å². The van der Waals surface area contributed by atoms with Crippen LogP contribution in [0.3, 0.4) is 0 Å². The minimum Gasteiger partial charge on any atom is -0.480 e. The normalized spacial score (nSPS) is 11.8. The molecule has 0 aliphatic carbocycles. The quantitative estimate of drug-likeness (QED) is 0.419. The standard InChI is InChI=1S/C8H10N4O3S/c13-7(14)6(2-5-16-12-15)11-8-9-3-1-4-10-8/h1,3-4,6H,2,5H2,(H,13,14)(H,9,10,11)/t6-/m0/s1. The highest BCUT2D eigenvalue weighted by Crippen LogP contribution is 2.08. The lowest BCUT2D eigenvalue weighted by atomic mass is 10.2. The van der Waals surface area contributed by atoms with Gasteiger partial charge in [-0.25, -0.2) is 14.8 Å². The van der Waals surface area contributed by atoms with Crippen molar-refractivity contribution < 1.29 is 9.90 Å². The molecule has 2 N–H and O–H groups in total. The van der Waals surface area contributed by atoms with Gasteiger partial charge in [-0.05, 0) is 12.5 Å². The molecule has 0 aliphatic heterocycles. The maximum atomic E-state index is 10.9. The summed E-state index contributed by atoms with van der Waals surface area (Å²) in [5.41, 5.74) is 0. The van der Waals surface area contributed by atoms with E-state index in [0.717, 1.165) is 11.9 Å². The van der Waals surface area contributed by atoms with Crippen molar-refractivity contribution in [1.29, 1.82) is 0 Å². The van der Waals surface area contributed by atoms with Crippen LogP contribution in [0.1, 0.15) is 6.42 Å². The fourth-order valence-corrected chi connectivity index (χ4v) is 1.41. The van der Waals surface area contributed by atoms with Crippen molar-refractivity contribution in [3.8, 4) is 0 Å². The van der Waals surface area contributed by atoms with Crippen LogP contribution in [0.15, 0.2) is 23.0 Å². The van der Waals surface area contributed by atoms with Crippen molar-refractivity contribution in [2.24, 2.45) is 4.58 Å². The van der Waals surface area contributed by atoms with Crippen LogP contribution in [0.5, 0.6) is 0 Å². The number of nitrogens with zero attached hydrogens (tertiary/aromatic N) is 3. The molecule has 0 aromatic carbocycles. The Morgan fingerprint density at radius 1 is 1.56 bits per heavy atom. The topological polar surface area (TPSA) is 105 Å². The highest BCUT2D eigenvalue weighted by Gasteiger charge is 2.17. The average molecular weight is 242 g/mol. The molecule has 86 valence electrons. The maximum Gasteiger partial charge on any atom is 0.326 e. The summed E-state index contributed by atoms with van der Waals surface area (Å²) in [5, 5.41) is 11.6. The molecule has 0 saturated heterocycles. The molecule has 16 heavy (non-hydrogen) atoms. The molecule has 8 heteroatoms. The predicted octanol–water partition coefficient (Wildman–Crippen LogP) is 1.15. The Morgan fingerprint density at radius 3 is 2.81 bits per heavy atom. The smallest absolute Gasteiger partial charge is 0.326 e. The molecule has 1 aromatic rings. The Kier molecular flexibility index (Phi) is 5.20. The third-order valence-electron chi connectivity index (χ3n) is 1.72. The number of nitrogens with one attached hydrogen (secondary N) is 1. The monoisotopic (exact) mass is 242 g/mol. The predicted molar refractivity (Wildman–Crippen MR) is 59.9 cm³/mol. The van der Waals surface area contributed by atoms with Gasteiger partial charge in [-0.1, -0.05) is 0 Å². The number of hydrogen-bond acceptors (Lipinski definition) is 7. The van der Waals surface area contributed by atoms with Gasteiger partial charge in [0.1, 0.15) is 6.04 Å². The zero-order valence-corrected chi connectivity index (χ0v) is 9.05. The van der Waals surface area contributed by atoms with Crippen LogP contribution in [0, 0.1) is 4.91 Å². The van der Waals surface area contributed by atoms with Crippen LogP contribution >= 0.6 is 11.9 Å². The number of carboxylic acid groups (broad SMARTS) is 1. The number of anilines is 1. The van der Waals surface area contributed by atoms with E-state index < -0.39 is 12.0 Å². The van der Waals surface area contributed by atoms with Gasteiger partial charge in [0.2, 0.25) is 5.95 Å². The Bertz CT molecular complexity index is 348. The summed E-state index contributed by atoms with van der Waals surface area (Å²) in [4.78, 5) is 28.4. The second-order valence-corrected chi connectivity index (χ2v) is 3.62. The van der Waals surface area contributed by atoms with E-state index in [9.17, 15) is 9.70 Å².